The van der Waals surface area contributed by atoms with E-state index in [1.165, 1.54) is 30.6 Å². The molecule has 0 saturated carbocycles. The molecule has 0 spiro atoms. The quantitative estimate of drug-likeness (QED) is 0.884. The smallest absolute Gasteiger partial charge is 0.413 e. The molecule has 1 aromatic heterocycles. The van der Waals surface area contributed by atoms with Crippen molar-refractivity contribution < 1.29 is 18.7 Å². The molecule has 26 heavy (non-hydrogen) atoms. The van der Waals surface area contributed by atoms with Crippen LogP contribution in [-0.2, 0) is 16.0 Å². The third kappa shape index (κ3) is 4.48. The molecule has 0 unspecified atom stereocenters. The minimum Gasteiger partial charge on any atom is -0.453 e. The third-order valence-corrected chi connectivity index (χ3v) is 4.91. The monoisotopic (exact) mass is 378 g/mol. The van der Waals surface area contributed by atoms with Crippen LogP contribution < -0.4 is 10.2 Å². The van der Waals surface area contributed by atoms with E-state index < -0.39 is 6.09 Å². The van der Waals surface area contributed by atoms with E-state index in [1.807, 2.05) is 0 Å². The van der Waals surface area contributed by atoms with Gasteiger partial charge in [0.15, 0.2) is 5.13 Å². The lowest BCUT2D eigenvalue weighted by Crippen LogP contribution is -2.49. The van der Waals surface area contributed by atoms with Crippen molar-refractivity contribution in [1.82, 2.24) is 9.88 Å². The first-order valence-electron chi connectivity index (χ1n) is 8.13. The number of nitrogens with one attached hydrogen (secondary N) is 1. The van der Waals surface area contributed by atoms with Crippen LogP contribution in [0.3, 0.4) is 0 Å². The third-order valence-electron chi connectivity index (χ3n) is 4.10. The molecule has 138 valence electrons. The standard InChI is InChI=1S/C17H19FN4O3S/c1-25-17(24)20-16-19-13(11-26-16)10-15(23)22-8-6-21(7-9-22)14-4-2-12(18)3-5-14/h2-5,11H,6-10H2,1H3,(H,19,20,24). The van der Waals surface area contributed by atoms with E-state index >= 15 is 0 Å². The van der Waals surface area contributed by atoms with Crippen molar-refractivity contribution in [2.24, 2.45) is 0 Å². The normalized spacial score (nSPS) is 14.2. The van der Waals surface area contributed by atoms with Crippen LogP contribution in [0.1, 0.15) is 5.69 Å². The highest BCUT2D eigenvalue weighted by atomic mass is 32.1. The number of carbonyl (C=O) groups excluding carboxylic acids is 2. The number of hydrogen-bond acceptors (Lipinski definition) is 6. The Hall–Kier alpha value is -2.68. The van der Waals surface area contributed by atoms with Crippen LogP contribution in [0.2, 0.25) is 0 Å². The molecule has 9 heteroatoms. The second-order valence-electron chi connectivity index (χ2n) is 5.78. The molecule has 1 aliphatic rings. The minimum absolute atomic E-state index is 0.00123. The average Bonchev–Trinajstić information content (AvgIpc) is 3.09. The summed E-state index contributed by atoms with van der Waals surface area (Å²) in [5, 5.41) is 4.63. The molecule has 1 aliphatic heterocycles. The minimum atomic E-state index is -0.589. The zero-order valence-corrected chi connectivity index (χ0v) is 15.1. The topological polar surface area (TPSA) is 74.8 Å². The predicted molar refractivity (Wildman–Crippen MR) is 97.0 cm³/mol. The van der Waals surface area contributed by atoms with Crippen LogP contribution in [0.15, 0.2) is 29.6 Å². The van der Waals surface area contributed by atoms with Gasteiger partial charge in [-0.1, -0.05) is 0 Å². The van der Waals surface area contributed by atoms with Gasteiger partial charge in [-0.2, -0.15) is 0 Å². The van der Waals surface area contributed by atoms with Crippen LogP contribution in [0, 0.1) is 5.82 Å². The molecule has 1 saturated heterocycles. The summed E-state index contributed by atoms with van der Waals surface area (Å²) >= 11 is 1.25. The molecule has 2 heterocycles. The summed E-state index contributed by atoms with van der Waals surface area (Å²) in [4.78, 5) is 31.8. The SMILES string of the molecule is COC(=O)Nc1nc(CC(=O)N2CCN(c3ccc(F)cc3)CC2)cs1. The summed E-state index contributed by atoms with van der Waals surface area (Å²) in [6.07, 6.45) is -0.398. The first-order valence-corrected chi connectivity index (χ1v) is 9.01. The van der Waals surface area contributed by atoms with Crippen molar-refractivity contribution in [2.75, 3.05) is 43.5 Å². The number of methoxy groups -OCH3 is 1. The Kier molecular flexibility index (Phi) is 5.67. The molecule has 7 nitrogen and oxygen atoms in total. The van der Waals surface area contributed by atoms with Gasteiger partial charge in [0.25, 0.3) is 0 Å². The Morgan fingerprint density at radius 1 is 1.23 bits per heavy atom. The zero-order valence-electron chi connectivity index (χ0n) is 14.3. The summed E-state index contributed by atoms with van der Waals surface area (Å²) in [5.74, 6) is -0.259. The zero-order chi connectivity index (χ0) is 18.5. The van der Waals surface area contributed by atoms with E-state index in [4.69, 9.17) is 0 Å². The second-order valence-corrected chi connectivity index (χ2v) is 6.64. The fourth-order valence-corrected chi connectivity index (χ4v) is 3.41. The number of hydrogen-bond donors (Lipinski definition) is 1. The van der Waals surface area contributed by atoms with Crippen LogP contribution in [0.4, 0.5) is 20.0 Å². The molecule has 1 aromatic carbocycles. The van der Waals surface area contributed by atoms with Crippen molar-refractivity contribution in [1.29, 1.82) is 0 Å². The van der Waals surface area contributed by atoms with Gasteiger partial charge >= 0.3 is 6.09 Å². The highest BCUT2D eigenvalue weighted by Gasteiger charge is 2.22. The number of rotatable bonds is 4. The van der Waals surface area contributed by atoms with Crippen LogP contribution >= 0.6 is 11.3 Å². The van der Waals surface area contributed by atoms with Gasteiger partial charge in [0.1, 0.15) is 5.82 Å². The molecular weight excluding hydrogens is 359 g/mol. The van der Waals surface area contributed by atoms with E-state index in [2.05, 4.69) is 19.9 Å². The van der Waals surface area contributed by atoms with Gasteiger partial charge in [-0.3, -0.25) is 10.1 Å². The van der Waals surface area contributed by atoms with Gasteiger partial charge in [-0.25, -0.2) is 14.2 Å². The van der Waals surface area contributed by atoms with Gasteiger partial charge in [-0.15, -0.1) is 11.3 Å². The van der Waals surface area contributed by atoms with Gasteiger partial charge in [0, 0.05) is 37.2 Å². The van der Waals surface area contributed by atoms with Crippen molar-refractivity contribution in [3.8, 4) is 0 Å². The number of anilines is 2. The molecule has 2 aromatic rings. The number of benzene rings is 1. The summed E-state index contributed by atoms with van der Waals surface area (Å²) in [7, 11) is 1.28. The van der Waals surface area contributed by atoms with Crippen molar-refractivity contribution in [2.45, 2.75) is 6.42 Å². The summed E-state index contributed by atoms with van der Waals surface area (Å²) < 4.78 is 17.5. The lowest BCUT2D eigenvalue weighted by Gasteiger charge is -2.36. The van der Waals surface area contributed by atoms with Crippen molar-refractivity contribution in [3.05, 3.63) is 41.2 Å². The maximum absolute atomic E-state index is 13.0. The molecule has 0 atom stereocenters. The van der Waals surface area contributed by atoms with E-state index in [0.29, 0.717) is 37.0 Å². The molecule has 0 radical (unpaired) electrons. The number of thiazole rings is 1. The molecule has 0 bridgehead atoms. The number of nitrogens with zero attached hydrogens (tertiary/aromatic N) is 3. The molecular formula is C17H19FN4O3S. The Balaban J connectivity index is 1.50. The fraction of sp³-hybridized carbons (Fsp3) is 0.353. The van der Waals surface area contributed by atoms with E-state index in [-0.39, 0.29) is 18.1 Å². The number of carbonyl (C=O) groups is 2. The van der Waals surface area contributed by atoms with Gasteiger partial charge in [0.2, 0.25) is 5.91 Å². The molecule has 2 amide bonds. The average molecular weight is 378 g/mol. The highest BCUT2D eigenvalue weighted by molar-refractivity contribution is 7.13. The number of halogens is 1. The van der Waals surface area contributed by atoms with E-state index in [1.54, 1.807) is 22.4 Å². The van der Waals surface area contributed by atoms with Crippen LogP contribution in [0.25, 0.3) is 0 Å². The highest BCUT2D eigenvalue weighted by Crippen LogP contribution is 2.19. The van der Waals surface area contributed by atoms with Gasteiger partial charge in [0.05, 0.1) is 19.2 Å². The van der Waals surface area contributed by atoms with Gasteiger partial charge < -0.3 is 14.5 Å². The number of piperazine rings is 1. The lowest BCUT2D eigenvalue weighted by molar-refractivity contribution is -0.130. The maximum atomic E-state index is 13.0. The summed E-state index contributed by atoms with van der Waals surface area (Å²) in [5.41, 5.74) is 1.57. The van der Waals surface area contributed by atoms with E-state index in [0.717, 1.165) is 5.69 Å². The van der Waals surface area contributed by atoms with Gasteiger partial charge in [-0.05, 0) is 24.3 Å². The molecule has 1 N–H and O–H groups in total. The Morgan fingerprint density at radius 2 is 1.92 bits per heavy atom. The second kappa shape index (κ2) is 8.13. The first-order chi connectivity index (χ1) is 12.5. The van der Waals surface area contributed by atoms with Crippen LogP contribution in [0.5, 0.6) is 0 Å². The Morgan fingerprint density at radius 3 is 2.58 bits per heavy atom. The molecule has 3 rings (SSSR count). The number of ether oxygens (including phenoxy) is 1. The molecule has 1 fully saturated rings. The summed E-state index contributed by atoms with van der Waals surface area (Å²) in [6.45, 7) is 2.61. The van der Waals surface area contributed by atoms with Crippen molar-refractivity contribution >= 4 is 34.2 Å². The largest absolute Gasteiger partial charge is 0.453 e. The maximum Gasteiger partial charge on any atom is 0.413 e. The Bertz CT molecular complexity index is 773. The van der Waals surface area contributed by atoms with Crippen molar-refractivity contribution in [3.63, 3.8) is 0 Å². The summed E-state index contributed by atoms with van der Waals surface area (Å²) in [6, 6.07) is 6.37. The first kappa shape index (κ1) is 18.1. The molecule has 0 aliphatic carbocycles. The van der Waals surface area contributed by atoms with E-state index in [9.17, 15) is 14.0 Å². The number of amides is 2. The predicted octanol–water partition coefficient (Wildman–Crippen LogP) is 2.35. The number of aromatic nitrogens is 1. The fourth-order valence-electron chi connectivity index (χ4n) is 2.72. The van der Waals surface area contributed by atoms with Crippen LogP contribution in [-0.4, -0.2) is 55.2 Å². The lowest BCUT2D eigenvalue weighted by atomic mass is 10.2. The Labute approximate surface area is 154 Å².